The van der Waals surface area contributed by atoms with Gasteiger partial charge in [-0.05, 0) is 25.8 Å². The largest absolute Gasteiger partial charge is 0.359 e. The van der Waals surface area contributed by atoms with Gasteiger partial charge in [0.15, 0.2) is 5.76 Å². The van der Waals surface area contributed by atoms with Crippen LogP contribution in [0.1, 0.15) is 40.7 Å². The third-order valence-corrected chi connectivity index (χ3v) is 3.83. The number of rotatable bonds is 2. The fourth-order valence-electron chi connectivity index (χ4n) is 2.57. The summed E-state index contributed by atoms with van der Waals surface area (Å²) in [6.07, 6.45) is 2.61. The Morgan fingerprint density at radius 2 is 2.33 bits per heavy atom. The van der Waals surface area contributed by atoms with Crippen molar-refractivity contribution in [1.29, 1.82) is 0 Å². The zero-order chi connectivity index (χ0) is 15.0. The molecule has 1 aliphatic rings. The van der Waals surface area contributed by atoms with E-state index in [4.69, 9.17) is 16.1 Å². The average molecular weight is 310 g/mol. The van der Waals surface area contributed by atoms with Crippen LogP contribution in [-0.2, 0) is 0 Å². The van der Waals surface area contributed by atoms with Gasteiger partial charge in [-0.1, -0.05) is 16.8 Å². The van der Waals surface area contributed by atoms with Crippen LogP contribution < -0.4 is 0 Å². The first kappa shape index (κ1) is 14.0. The van der Waals surface area contributed by atoms with Gasteiger partial charge in [0, 0.05) is 12.6 Å². The van der Waals surface area contributed by atoms with Gasteiger partial charge in [-0.25, -0.2) is 9.37 Å². The van der Waals surface area contributed by atoms with Gasteiger partial charge in [-0.15, -0.1) is 0 Å². The molecule has 5 nitrogen and oxygen atoms in total. The fourth-order valence-corrected chi connectivity index (χ4v) is 2.76. The first-order chi connectivity index (χ1) is 10.1. The molecule has 0 N–H and O–H groups in total. The Hall–Kier alpha value is -1.95. The number of amides is 1. The van der Waals surface area contributed by atoms with Crippen molar-refractivity contribution in [2.75, 3.05) is 6.54 Å². The number of aryl methyl sites for hydroxylation is 1. The topological polar surface area (TPSA) is 59.2 Å². The van der Waals surface area contributed by atoms with E-state index in [-0.39, 0.29) is 22.7 Å². The predicted octanol–water partition coefficient (Wildman–Crippen LogP) is 3.15. The molecule has 1 fully saturated rings. The van der Waals surface area contributed by atoms with Gasteiger partial charge in [0.25, 0.3) is 5.91 Å². The maximum absolute atomic E-state index is 13.3. The van der Waals surface area contributed by atoms with E-state index < -0.39 is 5.82 Å². The molecule has 0 radical (unpaired) electrons. The van der Waals surface area contributed by atoms with E-state index in [0.717, 1.165) is 30.8 Å². The molecule has 7 heteroatoms. The molecular formula is C14H13ClFN3O2. The zero-order valence-electron chi connectivity index (χ0n) is 11.3. The van der Waals surface area contributed by atoms with Crippen LogP contribution in [-0.4, -0.2) is 27.5 Å². The van der Waals surface area contributed by atoms with Crippen molar-refractivity contribution < 1.29 is 13.7 Å². The van der Waals surface area contributed by atoms with Crippen LogP contribution >= 0.6 is 11.6 Å². The number of hydrogen-bond donors (Lipinski definition) is 0. The second-order valence-corrected chi connectivity index (χ2v) is 5.38. The van der Waals surface area contributed by atoms with Gasteiger partial charge < -0.3 is 9.42 Å². The number of carbonyl (C=O) groups excluding carboxylic acids is 1. The number of aromatic nitrogens is 2. The van der Waals surface area contributed by atoms with Crippen LogP contribution in [0.5, 0.6) is 0 Å². The maximum Gasteiger partial charge on any atom is 0.257 e. The smallest absolute Gasteiger partial charge is 0.257 e. The quantitative estimate of drug-likeness (QED) is 0.800. The molecular weight excluding hydrogens is 297 g/mol. The monoisotopic (exact) mass is 309 g/mol. The number of carbonyl (C=O) groups is 1. The summed E-state index contributed by atoms with van der Waals surface area (Å²) < 4.78 is 18.5. The summed E-state index contributed by atoms with van der Waals surface area (Å²) in [6, 6.07) is 2.72. The lowest BCUT2D eigenvalue weighted by Gasteiger charge is -2.22. The molecule has 0 spiro atoms. The number of halogens is 2. The summed E-state index contributed by atoms with van der Waals surface area (Å²) in [7, 11) is 0. The van der Waals surface area contributed by atoms with E-state index in [2.05, 4.69) is 10.1 Å². The van der Waals surface area contributed by atoms with Gasteiger partial charge in [-0.3, -0.25) is 4.79 Å². The Bertz CT molecular complexity index is 689. The normalized spacial score (nSPS) is 18.2. The first-order valence-electron chi connectivity index (χ1n) is 6.61. The van der Waals surface area contributed by atoms with Crippen LogP contribution in [0.4, 0.5) is 4.39 Å². The summed E-state index contributed by atoms with van der Waals surface area (Å²) in [6.45, 7) is 2.39. The van der Waals surface area contributed by atoms with Crippen molar-refractivity contribution in [3.05, 3.63) is 46.3 Å². The van der Waals surface area contributed by atoms with E-state index in [9.17, 15) is 9.18 Å². The van der Waals surface area contributed by atoms with Crippen molar-refractivity contribution >= 4 is 17.5 Å². The predicted molar refractivity (Wildman–Crippen MR) is 73.5 cm³/mol. The second-order valence-electron chi connectivity index (χ2n) is 5.02. The van der Waals surface area contributed by atoms with Crippen LogP contribution in [0.25, 0.3) is 0 Å². The zero-order valence-corrected chi connectivity index (χ0v) is 12.1. The van der Waals surface area contributed by atoms with Crippen LogP contribution in [0.3, 0.4) is 0 Å². The number of pyridine rings is 1. The van der Waals surface area contributed by atoms with Crippen LogP contribution in [0.15, 0.2) is 22.9 Å². The minimum absolute atomic E-state index is 0.000741. The summed E-state index contributed by atoms with van der Waals surface area (Å²) in [5.41, 5.74) is 0.828. The highest BCUT2D eigenvalue weighted by atomic mass is 35.5. The van der Waals surface area contributed by atoms with E-state index in [1.165, 1.54) is 0 Å². The first-order valence-corrected chi connectivity index (χ1v) is 6.99. The molecule has 3 rings (SSSR count). The minimum Gasteiger partial charge on any atom is -0.359 e. The Labute approximate surface area is 125 Å². The minimum atomic E-state index is -0.589. The highest BCUT2D eigenvalue weighted by molar-refractivity contribution is 6.32. The van der Waals surface area contributed by atoms with Gasteiger partial charge >= 0.3 is 0 Å². The summed E-state index contributed by atoms with van der Waals surface area (Å²) in [4.78, 5) is 17.9. The van der Waals surface area contributed by atoms with Crippen molar-refractivity contribution in [3.8, 4) is 0 Å². The van der Waals surface area contributed by atoms with E-state index in [0.29, 0.717) is 12.3 Å². The van der Waals surface area contributed by atoms with E-state index in [1.54, 1.807) is 4.90 Å². The molecule has 0 aromatic carbocycles. The SMILES string of the molecule is Cc1cc(C2CCCN2C(=O)c2cc(F)cnc2Cl)on1. The lowest BCUT2D eigenvalue weighted by atomic mass is 10.1. The molecule has 1 atom stereocenters. The number of hydrogen-bond acceptors (Lipinski definition) is 4. The summed E-state index contributed by atoms with van der Waals surface area (Å²) in [5.74, 6) is -0.295. The molecule has 1 aliphatic heterocycles. The molecule has 1 unspecified atom stereocenters. The molecule has 0 aliphatic carbocycles. The van der Waals surface area contributed by atoms with Gasteiger partial charge in [0.1, 0.15) is 11.0 Å². The summed E-state index contributed by atoms with van der Waals surface area (Å²) in [5, 5.41) is 3.85. The molecule has 0 bridgehead atoms. The molecule has 2 aromatic heterocycles. The Balaban J connectivity index is 1.91. The van der Waals surface area contributed by atoms with Gasteiger partial charge in [-0.2, -0.15) is 0 Å². The van der Waals surface area contributed by atoms with Crippen molar-refractivity contribution in [2.45, 2.75) is 25.8 Å². The van der Waals surface area contributed by atoms with Gasteiger partial charge in [0.05, 0.1) is 23.5 Å². The third-order valence-electron chi connectivity index (χ3n) is 3.52. The van der Waals surface area contributed by atoms with Gasteiger partial charge in [0.2, 0.25) is 0 Å². The maximum atomic E-state index is 13.3. The Morgan fingerprint density at radius 1 is 1.52 bits per heavy atom. The highest BCUT2D eigenvalue weighted by Crippen LogP contribution is 2.34. The van der Waals surface area contributed by atoms with Crippen LogP contribution in [0, 0.1) is 12.7 Å². The fraction of sp³-hybridized carbons (Fsp3) is 0.357. The molecule has 1 amide bonds. The van der Waals surface area contributed by atoms with E-state index in [1.807, 2.05) is 13.0 Å². The lowest BCUT2D eigenvalue weighted by molar-refractivity contribution is 0.0714. The molecule has 3 heterocycles. The Kier molecular flexibility index (Phi) is 3.63. The number of nitrogens with zero attached hydrogens (tertiary/aromatic N) is 3. The summed E-state index contributed by atoms with van der Waals surface area (Å²) >= 11 is 5.91. The molecule has 1 saturated heterocycles. The third kappa shape index (κ3) is 2.63. The number of likely N-dealkylation sites (tertiary alicyclic amines) is 1. The van der Waals surface area contributed by atoms with Crippen LogP contribution in [0.2, 0.25) is 5.15 Å². The average Bonchev–Trinajstić information content (AvgIpc) is 3.09. The molecule has 0 saturated carbocycles. The molecule has 2 aromatic rings. The van der Waals surface area contributed by atoms with Crippen molar-refractivity contribution in [1.82, 2.24) is 15.0 Å². The standard InChI is InChI=1S/C14H13ClFN3O2/c1-8-5-12(21-18-8)11-3-2-4-19(11)14(20)10-6-9(16)7-17-13(10)15/h5-7,11H,2-4H2,1H3. The van der Waals surface area contributed by atoms with Crippen molar-refractivity contribution in [2.24, 2.45) is 0 Å². The van der Waals surface area contributed by atoms with Crippen molar-refractivity contribution in [3.63, 3.8) is 0 Å². The second kappa shape index (κ2) is 5.44. The Morgan fingerprint density at radius 3 is 3.05 bits per heavy atom. The molecule has 21 heavy (non-hydrogen) atoms. The van der Waals surface area contributed by atoms with E-state index >= 15 is 0 Å². The lowest BCUT2D eigenvalue weighted by Crippen LogP contribution is -2.30. The molecule has 110 valence electrons. The highest BCUT2D eigenvalue weighted by Gasteiger charge is 2.34.